The third-order valence-electron chi connectivity index (χ3n) is 6.57. The highest BCUT2D eigenvalue weighted by atomic mass is 16.5. The first-order chi connectivity index (χ1) is 11.1. The maximum absolute atomic E-state index is 12.5. The van der Waals surface area contributed by atoms with Gasteiger partial charge < -0.3 is 14.8 Å². The Kier molecular flexibility index (Phi) is 3.33. The molecule has 1 heterocycles. The van der Waals surface area contributed by atoms with E-state index in [4.69, 9.17) is 9.47 Å². The molecule has 2 aliphatic carbocycles. The highest BCUT2D eigenvalue weighted by molar-refractivity contribution is 5.83. The van der Waals surface area contributed by atoms with E-state index in [0.29, 0.717) is 18.6 Å². The molecule has 2 bridgehead atoms. The van der Waals surface area contributed by atoms with Gasteiger partial charge in [-0.05, 0) is 48.6 Å². The number of rotatable bonds is 2. The Hall–Kier alpha value is -1.39. The third kappa shape index (κ3) is 1.76. The van der Waals surface area contributed by atoms with Crippen LogP contribution in [-0.4, -0.2) is 38.2 Å². The number of ether oxygens (including phenoxy) is 2. The lowest BCUT2D eigenvalue weighted by Crippen LogP contribution is -2.76. The minimum atomic E-state index is -0.307. The zero-order valence-corrected chi connectivity index (χ0v) is 14.1. The molecule has 4 atom stereocenters. The van der Waals surface area contributed by atoms with Gasteiger partial charge in [0.1, 0.15) is 11.5 Å². The molecule has 0 radical (unpaired) electrons. The summed E-state index contributed by atoms with van der Waals surface area (Å²) < 4.78 is 11.7. The smallest absolute Gasteiger partial charge is 0.134 e. The van der Waals surface area contributed by atoms with Crippen LogP contribution in [0.15, 0.2) is 18.2 Å². The summed E-state index contributed by atoms with van der Waals surface area (Å²) in [6.07, 6.45) is 3.09. The molecule has 1 aliphatic heterocycles. The lowest BCUT2D eigenvalue weighted by molar-refractivity contribution is -0.182. The van der Waals surface area contributed by atoms with Crippen LogP contribution < -0.4 is 10.1 Å². The summed E-state index contributed by atoms with van der Waals surface area (Å²) in [5.74, 6) is 1.44. The number of benzene rings is 1. The van der Waals surface area contributed by atoms with Crippen LogP contribution in [0.3, 0.4) is 0 Å². The van der Waals surface area contributed by atoms with Gasteiger partial charge in [-0.25, -0.2) is 0 Å². The Morgan fingerprint density at radius 3 is 2.83 bits per heavy atom. The zero-order chi connectivity index (χ0) is 16.2. The van der Waals surface area contributed by atoms with Gasteiger partial charge in [0.05, 0.1) is 12.7 Å². The molecule has 4 nitrogen and oxygen atoms in total. The number of carbonyl (C=O) groups excluding carboxylic acids is 1. The molecule has 1 saturated heterocycles. The van der Waals surface area contributed by atoms with Crippen LogP contribution in [-0.2, 0) is 21.4 Å². The molecule has 0 aromatic heterocycles. The number of Topliss-reactive ketones (excluding diaryl/α,β-unsaturated/α-hetero) is 1. The second-order valence-electron chi connectivity index (χ2n) is 7.38. The molecule has 1 unspecified atom stereocenters. The number of hydrogen-bond acceptors (Lipinski definition) is 4. The fourth-order valence-electron chi connectivity index (χ4n) is 5.81. The van der Waals surface area contributed by atoms with E-state index in [1.54, 1.807) is 7.11 Å². The van der Waals surface area contributed by atoms with E-state index in [0.717, 1.165) is 25.1 Å². The lowest BCUT2D eigenvalue weighted by atomic mass is 9.47. The number of ketones is 1. The highest BCUT2D eigenvalue weighted by Gasteiger charge is 2.66. The van der Waals surface area contributed by atoms with Crippen LogP contribution in [0, 0.1) is 5.92 Å². The van der Waals surface area contributed by atoms with Gasteiger partial charge >= 0.3 is 0 Å². The molecule has 124 valence electrons. The van der Waals surface area contributed by atoms with Crippen molar-refractivity contribution < 1.29 is 14.3 Å². The number of piperidine rings is 1. The van der Waals surface area contributed by atoms with Gasteiger partial charge in [-0.2, -0.15) is 0 Å². The molecule has 4 heteroatoms. The molecule has 0 spiro atoms. The second-order valence-corrected chi connectivity index (χ2v) is 7.38. The number of carbonyl (C=O) groups is 1. The predicted molar refractivity (Wildman–Crippen MR) is 87.9 cm³/mol. The fourth-order valence-corrected chi connectivity index (χ4v) is 5.81. The van der Waals surface area contributed by atoms with Gasteiger partial charge in [-0.3, -0.25) is 4.79 Å². The minimum absolute atomic E-state index is 0.214. The first-order valence-electron chi connectivity index (χ1n) is 8.55. The standard InChI is InChI=1S/C19H25NO3/c1-12-8-14(21)11-18-6-7-20-17(19(12,18)23-3)9-13-4-5-15(22-2)10-16(13)18/h4-5,10,12,17,20H,6-9,11H2,1-3H3/t12-,17-,18-,19?/m1/s1. The van der Waals surface area contributed by atoms with E-state index in [1.807, 2.05) is 13.2 Å². The molecule has 23 heavy (non-hydrogen) atoms. The fraction of sp³-hybridized carbons (Fsp3) is 0.632. The molecule has 1 aromatic rings. The maximum atomic E-state index is 12.5. The van der Waals surface area contributed by atoms with E-state index in [2.05, 4.69) is 24.4 Å². The van der Waals surface area contributed by atoms with Gasteiger partial charge in [0.15, 0.2) is 0 Å². The van der Waals surface area contributed by atoms with Gasteiger partial charge in [0.25, 0.3) is 0 Å². The van der Waals surface area contributed by atoms with E-state index in [-0.39, 0.29) is 23.0 Å². The van der Waals surface area contributed by atoms with Gasteiger partial charge in [0.2, 0.25) is 0 Å². The topological polar surface area (TPSA) is 47.6 Å². The molecule has 4 rings (SSSR count). The zero-order valence-electron chi connectivity index (χ0n) is 14.1. The molecule has 2 fully saturated rings. The average molecular weight is 315 g/mol. The molecule has 1 N–H and O–H groups in total. The average Bonchev–Trinajstić information content (AvgIpc) is 2.54. The highest BCUT2D eigenvalue weighted by Crippen LogP contribution is 2.59. The van der Waals surface area contributed by atoms with Crippen LogP contribution in [0.25, 0.3) is 0 Å². The summed E-state index contributed by atoms with van der Waals surface area (Å²) in [5.41, 5.74) is 2.07. The summed E-state index contributed by atoms with van der Waals surface area (Å²) in [5, 5.41) is 3.68. The quantitative estimate of drug-likeness (QED) is 0.909. The molecule has 3 aliphatic rings. The number of hydrogen-bond donors (Lipinski definition) is 1. The van der Waals surface area contributed by atoms with Crippen molar-refractivity contribution >= 4 is 5.78 Å². The Morgan fingerprint density at radius 2 is 2.09 bits per heavy atom. The monoisotopic (exact) mass is 315 g/mol. The summed E-state index contributed by atoms with van der Waals surface area (Å²) in [6.45, 7) is 3.12. The second kappa shape index (κ2) is 5.05. The van der Waals surface area contributed by atoms with Gasteiger partial charge in [-0.1, -0.05) is 13.0 Å². The van der Waals surface area contributed by atoms with Crippen molar-refractivity contribution in [3.05, 3.63) is 29.3 Å². The molecular weight excluding hydrogens is 290 g/mol. The van der Waals surface area contributed by atoms with Gasteiger partial charge in [-0.15, -0.1) is 0 Å². The Labute approximate surface area is 137 Å². The van der Waals surface area contributed by atoms with E-state index < -0.39 is 0 Å². The Balaban J connectivity index is 1.99. The minimum Gasteiger partial charge on any atom is -0.497 e. The first kappa shape index (κ1) is 15.2. The molecular formula is C19H25NO3. The Morgan fingerprint density at radius 1 is 1.26 bits per heavy atom. The van der Waals surface area contributed by atoms with Crippen molar-refractivity contribution in [3.8, 4) is 5.75 Å². The first-order valence-corrected chi connectivity index (χ1v) is 8.55. The summed E-state index contributed by atoms with van der Waals surface area (Å²) in [7, 11) is 3.53. The Bertz CT molecular complexity index is 658. The van der Waals surface area contributed by atoms with E-state index in [1.165, 1.54) is 11.1 Å². The third-order valence-corrected chi connectivity index (χ3v) is 6.57. The van der Waals surface area contributed by atoms with Crippen LogP contribution in [0.2, 0.25) is 0 Å². The van der Waals surface area contributed by atoms with Gasteiger partial charge in [0, 0.05) is 31.4 Å². The lowest BCUT2D eigenvalue weighted by Gasteiger charge is -2.64. The van der Waals surface area contributed by atoms with Crippen molar-refractivity contribution in [3.63, 3.8) is 0 Å². The van der Waals surface area contributed by atoms with Crippen molar-refractivity contribution in [2.45, 2.75) is 49.7 Å². The van der Waals surface area contributed by atoms with Crippen molar-refractivity contribution in [1.82, 2.24) is 5.32 Å². The summed E-state index contributed by atoms with van der Waals surface area (Å²) >= 11 is 0. The van der Waals surface area contributed by atoms with Crippen LogP contribution in [0.5, 0.6) is 5.75 Å². The summed E-state index contributed by atoms with van der Waals surface area (Å²) in [4.78, 5) is 12.5. The summed E-state index contributed by atoms with van der Waals surface area (Å²) in [6, 6.07) is 6.61. The van der Waals surface area contributed by atoms with E-state index in [9.17, 15) is 4.79 Å². The van der Waals surface area contributed by atoms with Crippen LogP contribution in [0.1, 0.15) is 37.3 Å². The molecule has 1 aromatic carbocycles. The van der Waals surface area contributed by atoms with E-state index >= 15 is 0 Å². The van der Waals surface area contributed by atoms with Crippen molar-refractivity contribution in [2.75, 3.05) is 20.8 Å². The predicted octanol–water partition coefficient (Wildman–Crippen LogP) is 2.24. The number of nitrogens with one attached hydrogen (secondary N) is 1. The van der Waals surface area contributed by atoms with Crippen molar-refractivity contribution in [1.29, 1.82) is 0 Å². The number of methoxy groups -OCH3 is 2. The van der Waals surface area contributed by atoms with Crippen LogP contribution >= 0.6 is 0 Å². The normalized spacial score (nSPS) is 38.7. The molecule has 1 saturated carbocycles. The largest absolute Gasteiger partial charge is 0.497 e. The molecule has 0 amide bonds. The maximum Gasteiger partial charge on any atom is 0.134 e. The van der Waals surface area contributed by atoms with Crippen molar-refractivity contribution in [2.24, 2.45) is 5.92 Å². The number of fused-ring (bicyclic) bond motifs is 1. The van der Waals surface area contributed by atoms with Crippen LogP contribution in [0.4, 0.5) is 0 Å². The SMILES string of the molecule is COc1ccc2c(c1)[C@]13CCN[C@H](C2)C1(OC)[C@H](C)CC(=O)C3.